The lowest BCUT2D eigenvalue weighted by Crippen LogP contribution is -2.35. The van der Waals surface area contributed by atoms with Crippen molar-refractivity contribution in [2.24, 2.45) is 0 Å². The largest absolute Gasteiger partial charge is 0.379 e. The molecule has 1 aromatic rings. The van der Waals surface area contributed by atoms with Gasteiger partial charge in [0.2, 0.25) is 0 Å². The number of hydrogen-bond acceptors (Lipinski definition) is 3. The van der Waals surface area contributed by atoms with Crippen molar-refractivity contribution in [3.05, 3.63) is 29.0 Å². The van der Waals surface area contributed by atoms with Gasteiger partial charge in [-0.3, -0.25) is 0 Å². The highest BCUT2D eigenvalue weighted by atomic mass is 35.5. The van der Waals surface area contributed by atoms with E-state index in [1.165, 1.54) is 6.07 Å². The van der Waals surface area contributed by atoms with Gasteiger partial charge in [0.05, 0.1) is 22.2 Å². The Balaban J connectivity index is 2.13. The van der Waals surface area contributed by atoms with E-state index >= 15 is 0 Å². The van der Waals surface area contributed by atoms with Crippen LogP contribution in [0.4, 0.5) is 10.1 Å². The molecular formula is C11H13ClFNO2S. The van der Waals surface area contributed by atoms with Crippen LogP contribution in [0.2, 0.25) is 5.02 Å². The number of nitrogens with one attached hydrogen (secondary N) is 1. The highest BCUT2D eigenvalue weighted by Gasteiger charge is 2.25. The molecule has 17 heavy (non-hydrogen) atoms. The number of anilines is 1. The van der Waals surface area contributed by atoms with Crippen LogP contribution < -0.4 is 5.32 Å². The number of sulfone groups is 1. The van der Waals surface area contributed by atoms with Crippen molar-refractivity contribution in [1.29, 1.82) is 0 Å². The van der Waals surface area contributed by atoms with Crippen LogP contribution in [0, 0.1) is 5.82 Å². The minimum absolute atomic E-state index is 0.0358. The second-order valence-corrected chi connectivity index (χ2v) is 6.84. The SMILES string of the molecule is O=S1(=O)CCCC(Nc2cccc(Cl)c2F)C1. The predicted molar refractivity (Wildman–Crippen MR) is 66.7 cm³/mol. The third-order valence-electron chi connectivity index (χ3n) is 2.77. The fourth-order valence-electron chi connectivity index (χ4n) is 1.97. The van der Waals surface area contributed by atoms with Gasteiger partial charge >= 0.3 is 0 Å². The second kappa shape index (κ2) is 4.82. The van der Waals surface area contributed by atoms with E-state index in [0.29, 0.717) is 6.42 Å². The minimum atomic E-state index is -2.99. The maximum atomic E-state index is 13.6. The summed E-state index contributed by atoms with van der Waals surface area (Å²) < 4.78 is 36.5. The first kappa shape index (κ1) is 12.6. The first-order valence-electron chi connectivity index (χ1n) is 5.39. The summed E-state index contributed by atoms with van der Waals surface area (Å²) in [7, 11) is -2.99. The third-order valence-corrected chi connectivity index (χ3v) is 4.89. The molecule has 1 unspecified atom stereocenters. The zero-order valence-electron chi connectivity index (χ0n) is 9.12. The van der Waals surface area contributed by atoms with Crippen LogP contribution in [-0.2, 0) is 9.84 Å². The highest BCUT2D eigenvalue weighted by molar-refractivity contribution is 7.91. The van der Waals surface area contributed by atoms with Crippen molar-refractivity contribution in [3.8, 4) is 0 Å². The minimum Gasteiger partial charge on any atom is -0.379 e. The summed E-state index contributed by atoms with van der Waals surface area (Å²) >= 11 is 5.65. The Kier molecular flexibility index (Phi) is 3.58. The van der Waals surface area contributed by atoms with Crippen molar-refractivity contribution >= 4 is 27.1 Å². The molecule has 0 saturated carbocycles. The Morgan fingerprint density at radius 3 is 2.88 bits per heavy atom. The van der Waals surface area contributed by atoms with E-state index in [2.05, 4.69) is 5.32 Å². The normalized spacial score (nSPS) is 23.3. The third kappa shape index (κ3) is 3.10. The van der Waals surface area contributed by atoms with Crippen molar-refractivity contribution < 1.29 is 12.8 Å². The Labute approximate surface area is 105 Å². The van der Waals surface area contributed by atoms with Gasteiger partial charge in [-0.15, -0.1) is 0 Å². The summed E-state index contributed by atoms with van der Waals surface area (Å²) in [6.45, 7) is 0. The Morgan fingerprint density at radius 1 is 1.41 bits per heavy atom. The van der Waals surface area contributed by atoms with Crippen molar-refractivity contribution in [2.75, 3.05) is 16.8 Å². The molecule has 1 aliphatic rings. The average molecular weight is 278 g/mol. The number of rotatable bonds is 2. The molecule has 0 amide bonds. The molecule has 3 nitrogen and oxygen atoms in total. The lowest BCUT2D eigenvalue weighted by Gasteiger charge is -2.24. The van der Waals surface area contributed by atoms with E-state index in [1.807, 2.05) is 0 Å². The van der Waals surface area contributed by atoms with Crippen LogP contribution in [-0.4, -0.2) is 26.0 Å². The second-order valence-electron chi connectivity index (χ2n) is 4.20. The Morgan fingerprint density at radius 2 is 2.18 bits per heavy atom. The first-order valence-corrected chi connectivity index (χ1v) is 7.59. The molecule has 0 aliphatic carbocycles. The fraction of sp³-hybridized carbons (Fsp3) is 0.455. The van der Waals surface area contributed by atoms with E-state index in [0.717, 1.165) is 6.42 Å². The molecule has 2 rings (SSSR count). The average Bonchev–Trinajstić information content (AvgIpc) is 2.23. The predicted octanol–water partition coefficient (Wildman–Crippen LogP) is 2.47. The molecule has 1 saturated heterocycles. The molecule has 6 heteroatoms. The molecule has 1 aromatic carbocycles. The Hall–Kier alpha value is -0.810. The molecular weight excluding hydrogens is 265 g/mol. The summed E-state index contributed by atoms with van der Waals surface area (Å²) in [4.78, 5) is 0. The summed E-state index contributed by atoms with van der Waals surface area (Å²) in [5.41, 5.74) is 0.264. The van der Waals surface area contributed by atoms with E-state index < -0.39 is 15.7 Å². The lowest BCUT2D eigenvalue weighted by atomic mass is 10.1. The van der Waals surface area contributed by atoms with E-state index in [1.54, 1.807) is 12.1 Å². The number of benzene rings is 1. The molecule has 1 N–H and O–H groups in total. The summed E-state index contributed by atoms with van der Waals surface area (Å²) in [5.74, 6) is -0.251. The highest BCUT2D eigenvalue weighted by Crippen LogP contribution is 2.24. The molecule has 1 fully saturated rings. The van der Waals surface area contributed by atoms with Gasteiger partial charge in [0.15, 0.2) is 15.7 Å². The number of hydrogen-bond donors (Lipinski definition) is 1. The first-order chi connectivity index (χ1) is 7.98. The smallest absolute Gasteiger partial charge is 0.164 e. The van der Waals surface area contributed by atoms with Crippen molar-refractivity contribution in [1.82, 2.24) is 0 Å². The molecule has 0 radical (unpaired) electrons. The van der Waals surface area contributed by atoms with Gasteiger partial charge in [-0.2, -0.15) is 0 Å². The van der Waals surface area contributed by atoms with Gasteiger partial charge in [-0.05, 0) is 25.0 Å². The van der Waals surface area contributed by atoms with E-state index in [4.69, 9.17) is 11.6 Å². The van der Waals surface area contributed by atoms with Crippen LogP contribution in [0.25, 0.3) is 0 Å². The number of halogens is 2. The van der Waals surface area contributed by atoms with Gasteiger partial charge in [0, 0.05) is 6.04 Å². The molecule has 0 bridgehead atoms. The van der Waals surface area contributed by atoms with Crippen molar-refractivity contribution in [2.45, 2.75) is 18.9 Å². The fourth-order valence-corrected chi connectivity index (χ4v) is 3.78. The quantitative estimate of drug-likeness (QED) is 0.903. The van der Waals surface area contributed by atoms with Gasteiger partial charge < -0.3 is 5.32 Å². The lowest BCUT2D eigenvalue weighted by molar-refractivity contribution is 0.559. The molecule has 94 valence electrons. The van der Waals surface area contributed by atoms with Crippen LogP contribution in [0.5, 0.6) is 0 Å². The van der Waals surface area contributed by atoms with E-state index in [9.17, 15) is 12.8 Å². The molecule has 0 aromatic heterocycles. The van der Waals surface area contributed by atoms with Gasteiger partial charge in [0.1, 0.15) is 0 Å². The zero-order valence-corrected chi connectivity index (χ0v) is 10.7. The summed E-state index contributed by atoms with van der Waals surface area (Å²) in [6, 6.07) is 4.41. The maximum Gasteiger partial charge on any atom is 0.164 e. The standard InChI is InChI=1S/C11H13ClFNO2S/c12-9-4-1-5-10(11(9)13)14-8-3-2-6-17(15,16)7-8/h1,4-5,8,14H,2-3,6-7H2. The summed E-state index contributed by atoms with van der Waals surface area (Å²) in [6.07, 6.45) is 1.34. The Bertz CT molecular complexity index is 518. The molecule has 1 heterocycles. The van der Waals surface area contributed by atoms with Crippen LogP contribution in [0.15, 0.2) is 18.2 Å². The van der Waals surface area contributed by atoms with E-state index in [-0.39, 0.29) is 28.3 Å². The molecule has 1 atom stereocenters. The van der Waals surface area contributed by atoms with Gasteiger partial charge in [-0.1, -0.05) is 17.7 Å². The van der Waals surface area contributed by atoms with Gasteiger partial charge in [0.25, 0.3) is 0 Å². The van der Waals surface area contributed by atoms with Gasteiger partial charge in [-0.25, -0.2) is 12.8 Å². The van der Waals surface area contributed by atoms with Crippen molar-refractivity contribution in [3.63, 3.8) is 0 Å². The topological polar surface area (TPSA) is 46.2 Å². The summed E-state index contributed by atoms with van der Waals surface area (Å²) in [5, 5.41) is 2.94. The van der Waals surface area contributed by atoms with Crippen LogP contribution >= 0.6 is 11.6 Å². The van der Waals surface area contributed by atoms with Crippen LogP contribution in [0.3, 0.4) is 0 Å². The monoisotopic (exact) mass is 277 g/mol. The molecule has 0 spiro atoms. The zero-order chi connectivity index (χ0) is 12.5. The maximum absolute atomic E-state index is 13.6. The van der Waals surface area contributed by atoms with Crippen LogP contribution in [0.1, 0.15) is 12.8 Å². The molecule has 1 aliphatic heterocycles.